The van der Waals surface area contributed by atoms with Gasteiger partial charge in [-0.3, -0.25) is 4.79 Å². The summed E-state index contributed by atoms with van der Waals surface area (Å²) in [7, 11) is 0. The monoisotopic (exact) mass is 341 g/mol. The highest BCUT2D eigenvalue weighted by molar-refractivity contribution is 5.78. The van der Waals surface area contributed by atoms with Crippen molar-refractivity contribution in [3.63, 3.8) is 0 Å². The Morgan fingerprint density at radius 2 is 2.16 bits per heavy atom. The minimum absolute atomic E-state index is 0.00482. The van der Waals surface area contributed by atoms with Crippen LogP contribution in [0.2, 0.25) is 0 Å². The number of aryl methyl sites for hydroxylation is 2. The van der Waals surface area contributed by atoms with Gasteiger partial charge in [0.2, 0.25) is 5.75 Å². The first kappa shape index (κ1) is 16.9. The fourth-order valence-corrected chi connectivity index (χ4v) is 3.06. The molecule has 130 valence electrons. The van der Waals surface area contributed by atoms with Gasteiger partial charge in [0.05, 0.1) is 6.04 Å². The zero-order valence-corrected chi connectivity index (χ0v) is 13.9. The second-order valence-electron chi connectivity index (χ2n) is 6.03. The second-order valence-corrected chi connectivity index (χ2v) is 6.03. The SMILES string of the molecule is Cc1ccc(OCC(=O)N[C@H]2CCCc3ccccc32)c([N+](=O)[O-])n1. The van der Waals surface area contributed by atoms with Crippen molar-refractivity contribution in [1.29, 1.82) is 0 Å². The van der Waals surface area contributed by atoms with E-state index in [4.69, 9.17) is 4.74 Å². The van der Waals surface area contributed by atoms with Gasteiger partial charge in [-0.25, -0.2) is 0 Å². The zero-order valence-electron chi connectivity index (χ0n) is 13.9. The van der Waals surface area contributed by atoms with Crippen LogP contribution in [0.1, 0.15) is 35.7 Å². The predicted octanol–water partition coefficient (Wildman–Crippen LogP) is 2.87. The maximum atomic E-state index is 12.2. The smallest absolute Gasteiger partial charge is 0.406 e. The van der Waals surface area contributed by atoms with Gasteiger partial charge in [0.1, 0.15) is 5.69 Å². The number of rotatable bonds is 5. The summed E-state index contributed by atoms with van der Waals surface area (Å²) in [6.45, 7) is 1.37. The van der Waals surface area contributed by atoms with Crippen LogP contribution < -0.4 is 10.1 Å². The number of fused-ring (bicyclic) bond motifs is 1. The molecule has 0 unspecified atom stereocenters. The molecule has 1 aromatic carbocycles. The third-order valence-electron chi connectivity index (χ3n) is 4.21. The first-order chi connectivity index (χ1) is 12.0. The van der Waals surface area contributed by atoms with Crippen molar-refractivity contribution in [2.45, 2.75) is 32.2 Å². The third-order valence-corrected chi connectivity index (χ3v) is 4.21. The molecule has 2 aromatic rings. The molecule has 3 rings (SSSR count). The minimum Gasteiger partial charge on any atom is -0.476 e. The molecule has 1 aromatic heterocycles. The number of nitro groups is 1. The number of nitrogens with zero attached hydrogens (tertiary/aromatic N) is 2. The van der Waals surface area contributed by atoms with Gasteiger partial charge >= 0.3 is 5.82 Å². The van der Waals surface area contributed by atoms with Gasteiger partial charge in [0.25, 0.3) is 5.91 Å². The molecule has 1 aliphatic carbocycles. The third kappa shape index (κ3) is 3.93. The molecular weight excluding hydrogens is 322 g/mol. The lowest BCUT2D eigenvalue weighted by molar-refractivity contribution is -0.390. The average Bonchev–Trinajstić information content (AvgIpc) is 2.61. The van der Waals surface area contributed by atoms with Gasteiger partial charge < -0.3 is 20.2 Å². The molecule has 7 heteroatoms. The first-order valence-electron chi connectivity index (χ1n) is 8.16. The molecule has 1 atom stereocenters. The Bertz CT molecular complexity index is 807. The highest BCUT2D eigenvalue weighted by atomic mass is 16.6. The maximum Gasteiger partial charge on any atom is 0.406 e. The number of hydrogen-bond donors (Lipinski definition) is 1. The standard InChI is InChI=1S/C18H19N3O4/c1-12-9-10-16(18(19-12)21(23)24)25-11-17(22)20-15-8-4-6-13-5-2-3-7-14(13)15/h2-3,5,7,9-10,15H,4,6,8,11H2,1H3,(H,20,22)/t15-/m0/s1. The summed E-state index contributed by atoms with van der Waals surface area (Å²) in [5.41, 5.74) is 2.89. The summed E-state index contributed by atoms with van der Waals surface area (Å²) in [5.74, 6) is -0.692. The molecule has 1 N–H and O–H groups in total. The van der Waals surface area contributed by atoms with E-state index in [9.17, 15) is 14.9 Å². The van der Waals surface area contributed by atoms with Crippen molar-refractivity contribution in [2.24, 2.45) is 0 Å². The summed E-state index contributed by atoms with van der Waals surface area (Å²) in [5, 5.41) is 14.0. The summed E-state index contributed by atoms with van der Waals surface area (Å²) in [6, 6.07) is 11.1. The lowest BCUT2D eigenvalue weighted by Gasteiger charge is -2.26. The van der Waals surface area contributed by atoms with Gasteiger partial charge in [0, 0.05) is 6.92 Å². The van der Waals surface area contributed by atoms with Gasteiger partial charge in [-0.15, -0.1) is 0 Å². The second kappa shape index (κ2) is 7.29. The number of carbonyl (C=O) groups is 1. The van der Waals surface area contributed by atoms with Crippen LogP contribution in [-0.4, -0.2) is 22.4 Å². The van der Waals surface area contributed by atoms with Crippen LogP contribution in [0.4, 0.5) is 5.82 Å². The van der Waals surface area contributed by atoms with Gasteiger partial charge in [-0.05, 0) is 52.4 Å². The highest BCUT2D eigenvalue weighted by Crippen LogP contribution is 2.29. The molecule has 1 amide bonds. The number of benzene rings is 1. The Morgan fingerprint density at radius 1 is 1.36 bits per heavy atom. The van der Waals surface area contributed by atoms with Crippen molar-refractivity contribution in [3.8, 4) is 5.75 Å². The molecular formula is C18H19N3O4. The molecule has 1 heterocycles. The van der Waals surface area contributed by atoms with E-state index in [1.54, 1.807) is 13.0 Å². The fraction of sp³-hybridized carbons (Fsp3) is 0.333. The Morgan fingerprint density at radius 3 is 2.96 bits per heavy atom. The van der Waals surface area contributed by atoms with Crippen LogP contribution in [0.3, 0.4) is 0 Å². The van der Waals surface area contributed by atoms with Crippen molar-refractivity contribution < 1.29 is 14.5 Å². The topological polar surface area (TPSA) is 94.4 Å². The van der Waals surface area contributed by atoms with Crippen molar-refractivity contribution >= 4 is 11.7 Å². The molecule has 7 nitrogen and oxygen atoms in total. The summed E-state index contributed by atoms with van der Waals surface area (Å²) < 4.78 is 5.33. The molecule has 25 heavy (non-hydrogen) atoms. The van der Waals surface area contributed by atoms with Crippen molar-refractivity contribution in [1.82, 2.24) is 10.3 Å². The Hall–Kier alpha value is -2.96. The number of hydrogen-bond acceptors (Lipinski definition) is 5. The molecule has 0 spiro atoms. The Labute approximate surface area is 145 Å². The van der Waals surface area contributed by atoms with Gasteiger partial charge in [-0.1, -0.05) is 24.3 Å². The molecule has 0 saturated carbocycles. The molecule has 1 aliphatic rings. The van der Waals surface area contributed by atoms with Crippen LogP contribution in [0, 0.1) is 17.0 Å². The van der Waals surface area contributed by atoms with E-state index in [-0.39, 0.29) is 30.1 Å². The maximum absolute atomic E-state index is 12.2. The highest BCUT2D eigenvalue weighted by Gasteiger charge is 2.23. The van der Waals surface area contributed by atoms with E-state index < -0.39 is 4.92 Å². The van der Waals surface area contributed by atoms with Crippen LogP contribution in [-0.2, 0) is 11.2 Å². The van der Waals surface area contributed by atoms with E-state index in [2.05, 4.69) is 16.4 Å². The summed E-state index contributed by atoms with van der Waals surface area (Å²) in [6.07, 6.45) is 2.89. The minimum atomic E-state index is -0.613. The molecule has 0 aliphatic heterocycles. The number of ether oxygens (including phenoxy) is 1. The lowest BCUT2D eigenvalue weighted by Crippen LogP contribution is -2.34. The number of carbonyl (C=O) groups excluding carboxylic acids is 1. The predicted molar refractivity (Wildman–Crippen MR) is 91.4 cm³/mol. The number of nitrogens with one attached hydrogen (secondary N) is 1. The summed E-state index contributed by atoms with van der Waals surface area (Å²) in [4.78, 5) is 26.5. The zero-order chi connectivity index (χ0) is 17.8. The van der Waals surface area contributed by atoms with E-state index in [0.717, 1.165) is 24.8 Å². The lowest BCUT2D eigenvalue weighted by atomic mass is 9.88. The number of amides is 1. The molecule has 0 radical (unpaired) electrons. The van der Waals surface area contributed by atoms with Gasteiger partial charge in [0.15, 0.2) is 6.61 Å². The van der Waals surface area contributed by atoms with Crippen LogP contribution in [0.15, 0.2) is 36.4 Å². The Kier molecular flexibility index (Phi) is 4.92. The molecule has 0 bridgehead atoms. The normalized spacial score (nSPS) is 16.0. The molecule has 0 saturated heterocycles. The summed E-state index contributed by atoms with van der Waals surface area (Å²) >= 11 is 0. The average molecular weight is 341 g/mol. The fourth-order valence-electron chi connectivity index (χ4n) is 3.06. The number of aromatic nitrogens is 1. The quantitative estimate of drug-likeness (QED) is 0.666. The van der Waals surface area contributed by atoms with E-state index in [1.807, 2.05) is 18.2 Å². The van der Waals surface area contributed by atoms with Crippen molar-refractivity contribution in [3.05, 3.63) is 63.3 Å². The van der Waals surface area contributed by atoms with E-state index >= 15 is 0 Å². The number of pyridine rings is 1. The van der Waals surface area contributed by atoms with Crippen LogP contribution in [0.25, 0.3) is 0 Å². The van der Waals surface area contributed by atoms with Crippen LogP contribution >= 0.6 is 0 Å². The van der Waals surface area contributed by atoms with Crippen molar-refractivity contribution in [2.75, 3.05) is 6.61 Å². The largest absolute Gasteiger partial charge is 0.476 e. The first-order valence-corrected chi connectivity index (χ1v) is 8.16. The van der Waals surface area contributed by atoms with E-state index in [1.165, 1.54) is 11.6 Å². The van der Waals surface area contributed by atoms with Crippen LogP contribution in [0.5, 0.6) is 5.75 Å². The molecule has 0 fully saturated rings. The Balaban J connectivity index is 1.64. The van der Waals surface area contributed by atoms with E-state index in [0.29, 0.717) is 5.69 Å². The van der Waals surface area contributed by atoms with Gasteiger partial charge in [-0.2, -0.15) is 0 Å².